The molecule has 23 heavy (non-hydrogen) atoms. The number of carbonyl (C=O) groups is 2. The summed E-state index contributed by atoms with van der Waals surface area (Å²) in [5.74, 6) is 1.68. The minimum atomic E-state index is -0.141. The molecule has 0 spiro atoms. The SMILES string of the molecule is O=C1[C@@H]2[C@@H]3CC[C@@H]([C@@H]4C[C@@H]43)[C@@H]2C(=O)N1c1cc(Cl)c(Cl)c(Cl)c1. The number of fused-ring (bicyclic) bond motifs is 1. The fourth-order valence-electron chi connectivity index (χ4n) is 5.46. The van der Waals surface area contributed by atoms with Gasteiger partial charge in [-0.2, -0.15) is 0 Å². The van der Waals surface area contributed by atoms with Crippen LogP contribution in [0.3, 0.4) is 0 Å². The maximum Gasteiger partial charge on any atom is 0.237 e. The summed E-state index contributed by atoms with van der Waals surface area (Å²) >= 11 is 18.1. The maximum atomic E-state index is 13.0. The van der Waals surface area contributed by atoms with Crippen molar-refractivity contribution in [1.82, 2.24) is 0 Å². The van der Waals surface area contributed by atoms with Crippen molar-refractivity contribution in [2.45, 2.75) is 19.3 Å². The van der Waals surface area contributed by atoms with Crippen molar-refractivity contribution in [2.24, 2.45) is 35.5 Å². The molecule has 1 saturated heterocycles. The van der Waals surface area contributed by atoms with Gasteiger partial charge in [-0.3, -0.25) is 9.59 Å². The molecule has 6 atom stereocenters. The van der Waals surface area contributed by atoms with Crippen molar-refractivity contribution in [2.75, 3.05) is 4.90 Å². The van der Waals surface area contributed by atoms with E-state index in [1.807, 2.05) is 0 Å². The highest BCUT2D eigenvalue weighted by Gasteiger charge is 2.68. The van der Waals surface area contributed by atoms with E-state index >= 15 is 0 Å². The molecule has 4 saturated carbocycles. The fourth-order valence-corrected chi connectivity index (χ4v) is 6.05. The van der Waals surface area contributed by atoms with E-state index in [9.17, 15) is 9.59 Å². The number of carbonyl (C=O) groups excluding carboxylic acids is 2. The number of hydrogen-bond acceptors (Lipinski definition) is 2. The minimum Gasteiger partial charge on any atom is -0.274 e. The Kier molecular flexibility index (Phi) is 2.94. The van der Waals surface area contributed by atoms with Gasteiger partial charge in [-0.15, -0.1) is 0 Å². The maximum absolute atomic E-state index is 13.0. The van der Waals surface area contributed by atoms with Gasteiger partial charge in [0, 0.05) is 0 Å². The first kappa shape index (κ1) is 14.6. The first-order chi connectivity index (χ1) is 11.0. The summed E-state index contributed by atoms with van der Waals surface area (Å²) in [6, 6.07) is 3.12. The van der Waals surface area contributed by atoms with Crippen molar-refractivity contribution in [3.63, 3.8) is 0 Å². The van der Waals surface area contributed by atoms with Crippen LogP contribution in [-0.4, -0.2) is 11.8 Å². The summed E-state index contributed by atoms with van der Waals surface area (Å²) in [6.07, 6.45) is 3.38. The van der Waals surface area contributed by atoms with Crippen molar-refractivity contribution >= 4 is 52.3 Å². The molecule has 0 unspecified atom stereocenters. The molecule has 2 amide bonds. The average Bonchev–Trinajstić information content (AvgIpc) is 3.29. The zero-order valence-electron chi connectivity index (χ0n) is 12.1. The van der Waals surface area contributed by atoms with E-state index in [-0.39, 0.29) is 38.7 Å². The van der Waals surface area contributed by atoms with Gasteiger partial charge in [-0.1, -0.05) is 34.8 Å². The van der Waals surface area contributed by atoms with Gasteiger partial charge in [0.2, 0.25) is 11.8 Å². The zero-order valence-corrected chi connectivity index (χ0v) is 14.4. The van der Waals surface area contributed by atoms with Crippen LogP contribution < -0.4 is 4.90 Å². The second-order valence-corrected chi connectivity index (χ2v) is 8.45. The zero-order chi connectivity index (χ0) is 16.0. The lowest BCUT2D eigenvalue weighted by Gasteiger charge is -2.42. The number of nitrogens with zero attached hydrogens (tertiary/aromatic N) is 1. The average molecular weight is 371 g/mol. The molecule has 120 valence electrons. The highest BCUT2D eigenvalue weighted by molar-refractivity contribution is 6.48. The minimum absolute atomic E-state index is 0.0745. The first-order valence-corrected chi connectivity index (χ1v) is 9.14. The highest BCUT2D eigenvalue weighted by Crippen LogP contribution is 2.68. The monoisotopic (exact) mass is 369 g/mol. The Labute approximate surface area is 148 Å². The van der Waals surface area contributed by atoms with Crippen LogP contribution in [-0.2, 0) is 9.59 Å². The molecule has 3 nitrogen and oxygen atoms in total. The standard InChI is InChI=1S/C17H14Cl3NO2/c18-11-3-6(4-12(19)15(11)20)21-16(22)13-7-1-2-8(10-5-9(7)10)14(13)17(21)23/h3-4,7-10,13-14H,1-2,5H2/t7-,8+,9-,10+,13-,14+. The van der Waals surface area contributed by atoms with Gasteiger partial charge in [0.25, 0.3) is 0 Å². The Hall–Kier alpha value is -0.770. The summed E-state index contributed by atoms with van der Waals surface area (Å²) < 4.78 is 0. The Balaban J connectivity index is 1.58. The normalized spacial score (nSPS) is 40.4. The Bertz CT molecular complexity index is 707. The third-order valence-electron chi connectivity index (χ3n) is 6.37. The number of halogens is 3. The van der Waals surface area contributed by atoms with Crippen LogP contribution in [0.25, 0.3) is 0 Å². The van der Waals surface area contributed by atoms with Crippen molar-refractivity contribution in [3.05, 3.63) is 27.2 Å². The second-order valence-electron chi connectivity index (χ2n) is 7.26. The molecule has 1 aromatic rings. The summed E-state index contributed by atoms with van der Waals surface area (Å²) in [5.41, 5.74) is 0.446. The van der Waals surface area contributed by atoms with E-state index in [0.29, 0.717) is 29.4 Å². The van der Waals surface area contributed by atoms with Crippen LogP contribution in [0.4, 0.5) is 5.69 Å². The van der Waals surface area contributed by atoms with Crippen LogP contribution >= 0.6 is 34.8 Å². The first-order valence-electron chi connectivity index (χ1n) is 8.01. The van der Waals surface area contributed by atoms with Crippen molar-refractivity contribution < 1.29 is 9.59 Å². The number of benzene rings is 1. The van der Waals surface area contributed by atoms with Gasteiger partial charge in [-0.05, 0) is 55.1 Å². The van der Waals surface area contributed by atoms with Crippen LogP contribution in [0, 0.1) is 35.5 Å². The van der Waals surface area contributed by atoms with Gasteiger partial charge in [0.1, 0.15) is 0 Å². The Morgan fingerprint density at radius 2 is 1.30 bits per heavy atom. The van der Waals surface area contributed by atoms with Gasteiger partial charge in [0.15, 0.2) is 0 Å². The van der Waals surface area contributed by atoms with Crippen molar-refractivity contribution in [1.29, 1.82) is 0 Å². The lowest BCUT2D eigenvalue weighted by Crippen LogP contribution is -2.43. The topological polar surface area (TPSA) is 37.4 Å². The molecule has 6 heteroatoms. The van der Waals surface area contributed by atoms with Gasteiger partial charge in [0.05, 0.1) is 32.6 Å². The molecule has 0 aromatic heterocycles. The third kappa shape index (κ3) is 1.79. The molecule has 6 rings (SSSR count). The molecule has 1 heterocycles. The highest BCUT2D eigenvalue weighted by atomic mass is 35.5. The van der Waals surface area contributed by atoms with E-state index in [1.165, 1.54) is 11.3 Å². The van der Waals surface area contributed by atoms with Gasteiger partial charge in [-0.25, -0.2) is 4.90 Å². The van der Waals surface area contributed by atoms with Gasteiger partial charge < -0.3 is 0 Å². The molecule has 1 aromatic carbocycles. The van der Waals surface area contributed by atoms with Crippen LogP contribution in [0.5, 0.6) is 0 Å². The number of rotatable bonds is 1. The molecule has 0 N–H and O–H groups in total. The lowest BCUT2D eigenvalue weighted by molar-refractivity contribution is -0.129. The predicted octanol–water partition coefficient (Wildman–Crippen LogP) is 4.43. The summed E-state index contributed by atoms with van der Waals surface area (Å²) in [5, 5.41) is 0.765. The van der Waals surface area contributed by atoms with E-state index in [0.717, 1.165) is 12.8 Å². The number of amides is 2. The molecular weight excluding hydrogens is 357 g/mol. The number of anilines is 1. The third-order valence-corrected chi connectivity index (χ3v) is 7.57. The number of hydrogen-bond donors (Lipinski definition) is 0. The number of imide groups is 1. The fraction of sp³-hybridized carbons (Fsp3) is 0.529. The molecule has 2 bridgehead atoms. The van der Waals surface area contributed by atoms with E-state index < -0.39 is 0 Å². The smallest absolute Gasteiger partial charge is 0.237 e. The largest absolute Gasteiger partial charge is 0.274 e. The molecule has 1 aliphatic heterocycles. The molecular formula is C17H14Cl3NO2. The van der Waals surface area contributed by atoms with Crippen molar-refractivity contribution in [3.8, 4) is 0 Å². The summed E-state index contributed by atoms with van der Waals surface area (Å²) in [4.78, 5) is 27.3. The Morgan fingerprint density at radius 1 is 0.826 bits per heavy atom. The van der Waals surface area contributed by atoms with E-state index in [4.69, 9.17) is 34.8 Å². The molecule has 0 radical (unpaired) electrons. The second kappa shape index (κ2) is 4.65. The van der Waals surface area contributed by atoms with Crippen LogP contribution in [0.1, 0.15) is 19.3 Å². The Morgan fingerprint density at radius 3 is 1.78 bits per heavy atom. The van der Waals surface area contributed by atoms with E-state index in [2.05, 4.69) is 0 Å². The van der Waals surface area contributed by atoms with E-state index in [1.54, 1.807) is 12.1 Å². The quantitative estimate of drug-likeness (QED) is 0.542. The molecule has 5 aliphatic rings. The molecule has 5 fully saturated rings. The lowest BCUT2D eigenvalue weighted by atomic mass is 9.59. The molecule has 4 aliphatic carbocycles. The summed E-state index contributed by atoms with van der Waals surface area (Å²) in [7, 11) is 0. The van der Waals surface area contributed by atoms with Crippen LogP contribution in [0.2, 0.25) is 15.1 Å². The van der Waals surface area contributed by atoms with Crippen LogP contribution in [0.15, 0.2) is 12.1 Å². The van der Waals surface area contributed by atoms with Gasteiger partial charge >= 0.3 is 0 Å². The summed E-state index contributed by atoms with van der Waals surface area (Å²) in [6.45, 7) is 0. The predicted molar refractivity (Wildman–Crippen MR) is 88.8 cm³/mol.